The topological polar surface area (TPSA) is 29.6 Å². The second-order valence-corrected chi connectivity index (χ2v) is 3.95. The normalized spacial score (nSPS) is 33.5. The number of Topliss-reactive ketones (excluding diaryl/α,β-unsaturated/α-hetero) is 1. The van der Waals surface area contributed by atoms with E-state index in [1.165, 1.54) is 0 Å². The molecule has 2 nitrogen and oxygen atoms in total. The van der Waals surface area contributed by atoms with Crippen LogP contribution in [0.2, 0.25) is 0 Å². The van der Waals surface area contributed by atoms with E-state index >= 15 is 0 Å². The van der Waals surface area contributed by atoms with Crippen molar-refractivity contribution in [1.29, 1.82) is 0 Å². The molecule has 0 bridgehead atoms. The van der Waals surface area contributed by atoms with Gasteiger partial charge in [-0.05, 0) is 12.8 Å². The minimum Gasteiger partial charge on any atom is -0.354 e. The van der Waals surface area contributed by atoms with Gasteiger partial charge in [-0.2, -0.15) is 0 Å². The maximum absolute atomic E-state index is 11.4. The quantitative estimate of drug-likeness (QED) is 0.474. The maximum atomic E-state index is 11.4. The fourth-order valence-corrected chi connectivity index (χ4v) is 1.27. The van der Waals surface area contributed by atoms with Gasteiger partial charge >= 0.3 is 0 Å². The summed E-state index contributed by atoms with van der Waals surface area (Å²) in [5, 5.41) is 0. The van der Waals surface area contributed by atoms with Gasteiger partial charge in [0.2, 0.25) is 0 Å². The van der Waals surface area contributed by atoms with Crippen LogP contribution < -0.4 is 0 Å². The molecule has 2 unspecified atom stereocenters. The number of hydrogen-bond donors (Lipinski definition) is 0. The van der Waals surface area contributed by atoms with E-state index in [0.717, 1.165) is 0 Å². The van der Waals surface area contributed by atoms with Crippen molar-refractivity contribution in [2.75, 3.05) is 0 Å². The van der Waals surface area contributed by atoms with Crippen molar-refractivity contribution in [3.05, 3.63) is 12.7 Å². The standard InChI is InChI=1S/C10H16O2/c1-5-10(4)9(12-10)8(11)6-7(2)3/h5,7,9H,1,6H2,2-4H3. The molecular weight excluding hydrogens is 152 g/mol. The van der Waals surface area contributed by atoms with Gasteiger partial charge in [-0.3, -0.25) is 4.79 Å². The lowest BCUT2D eigenvalue weighted by Crippen LogP contribution is -2.16. The molecular formula is C10H16O2. The molecule has 0 aliphatic carbocycles. The molecule has 0 saturated carbocycles. The molecule has 0 aromatic heterocycles. The lowest BCUT2D eigenvalue weighted by molar-refractivity contribution is -0.120. The third-order valence-electron chi connectivity index (χ3n) is 2.14. The van der Waals surface area contributed by atoms with Gasteiger partial charge in [0.1, 0.15) is 11.7 Å². The molecule has 1 aliphatic rings. The van der Waals surface area contributed by atoms with Crippen molar-refractivity contribution >= 4 is 5.78 Å². The Morgan fingerprint density at radius 1 is 1.75 bits per heavy atom. The van der Waals surface area contributed by atoms with Crippen molar-refractivity contribution in [2.45, 2.75) is 38.9 Å². The molecule has 68 valence electrons. The van der Waals surface area contributed by atoms with Crippen LogP contribution in [-0.2, 0) is 9.53 Å². The third-order valence-corrected chi connectivity index (χ3v) is 2.14. The Morgan fingerprint density at radius 2 is 2.33 bits per heavy atom. The van der Waals surface area contributed by atoms with Crippen LogP contribution in [0.5, 0.6) is 0 Å². The van der Waals surface area contributed by atoms with Crippen LogP contribution in [0.1, 0.15) is 27.2 Å². The fourth-order valence-electron chi connectivity index (χ4n) is 1.27. The van der Waals surface area contributed by atoms with Gasteiger partial charge < -0.3 is 4.74 Å². The summed E-state index contributed by atoms with van der Waals surface area (Å²) in [7, 11) is 0. The van der Waals surface area contributed by atoms with E-state index in [2.05, 4.69) is 6.58 Å². The molecule has 1 rings (SSSR count). The summed E-state index contributed by atoms with van der Waals surface area (Å²) in [4.78, 5) is 11.4. The molecule has 0 aromatic carbocycles. The summed E-state index contributed by atoms with van der Waals surface area (Å²) in [6.45, 7) is 9.59. The van der Waals surface area contributed by atoms with Gasteiger partial charge in [-0.1, -0.05) is 19.9 Å². The van der Waals surface area contributed by atoms with E-state index in [1.54, 1.807) is 6.08 Å². The molecule has 1 saturated heterocycles. The number of epoxide rings is 1. The predicted octanol–water partition coefficient (Wildman–Crippen LogP) is 1.95. The fraction of sp³-hybridized carbons (Fsp3) is 0.700. The number of carbonyl (C=O) groups is 1. The molecule has 1 aliphatic heterocycles. The average Bonchev–Trinajstić information content (AvgIpc) is 2.62. The number of ketones is 1. The number of rotatable bonds is 4. The van der Waals surface area contributed by atoms with Crippen LogP contribution in [0.15, 0.2) is 12.7 Å². The SMILES string of the molecule is C=CC1(C)OC1C(=O)CC(C)C. The Labute approximate surface area is 73.6 Å². The molecule has 0 amide bonds. The highest BCUT2D eigenvalue weighted by Crippen LogP contribution is 2.38. The van der Waals surface area contributed by atoms with Crippen LogP contribution in [0.25, 0.3) is 0 Å². The van der Waals surface area contributed by atoms with Gasteiger partial charge in [0.25, 0.3) is 0 Å². The van der Waals surface area contributed by atoms with Crippen LogP contribution in [0.3, 0.4) is 0 Å². The lowest BCUT2D eigenvalue weighted by atomic mass is 9.99. The minimum absolute atomic E-state index is 0.201. The monoisotopic (exact) mass is 168 g/mol. The first-order valence-corrected chi connectivity index (χ1v) is 4.33. The first-order valence-electron chi connectivity index (χ1n) is 4.33. The maximum Gasteiger partial charge on any atom is 0.165 e. The Bertz CT molecular complexity index is 208. The smallest absolute Gasteiger partial charge is 0.165 e. The summed E-state index contributed by atoms with van der Waals surface area (Å²) < 4.78 is 5.25. The average molecular weight is 168 g/mol. The Hall–Kier alpha value is -0.630. The first-order chi connectivity index (χ1) is 5.49. The van der Waals surface area contributed by atoms with E-state index in [1.807, 2.05) is 20.8 Å². The lowest BCUT2D eigenvalue weighted by Gasteiger charge is -2.01. The molecule has 2 heteroatoms. The second-order valence-electron chi connectivity index (χ2n) is 3.95. The molecule has 12 heavy (non-hydrogen) atoms. The molecule has 0 spiro atoms. The molecule has 1 fully saturated rings. The number of hydrogen-bond acceptors (Lipinski definition) is 2. The molecule has 0 aromatic rings. The molecule has 0 radical (unpaired) electrons. The highest BCUT2D eigenvalue weighted by atomic mass is 16.6. The zero-order valence-corrected chi connectivity index (χ0v) is 7.96. The number of ether oxygens (including phenoxy) is 1. The zero-order chi connectivity index (χ0) is 9.35. The highest BCUT2D eigenvalue weighted by molar-refractivity contribution is 5.87. The molecule has 2 atom stereocenters. The largest absolute Gasteiger partial charge is 0.354 e. The number of carbonyl (C=O) groups excluding carboxylic acids is 1. The van der Waals surface area contributed by atoms with Gasteiger partial charge in [-0.15, -0.1) is 6.58 Å². The van der Waals surface area contributed by atoms with E-state index in [-0.39, 0.29) is 17.5 Å². The van der Waals surface area contributed by atoms with Gasteiger partial charge in [0.15, 0.2) is 5.78 Å². The highest BCUT2D eigenvalue weighted by Gasteiger charge is 2.53. The van der Waals surface area contributed by atoms with Gasteiger partial charge in [-0.25, -0.2) is 0 Å². The predicted molar refractivity (Wildman–Crippen MR) is 47.9 cm³/mol. The van der Waals surface area contributed by atoms with E-state index in [0.29, 0.717) is 12.3 Å². The van der Waals surface area contributed by atoms with Crippen molar-refractivity contribution in [3.63, 3.8) is 0 Å². The van der Waals surface area contributed by atoms with E-state index in [4.69, 9.17) is 4.74 Å². The van der Waals surface area contributed by atoms with Gasteiger partial charge in [0.05, 0.1) is 0 Å². The summed E-state index contributed by atoms with van der Waals surface area (Å²) >= 11 is 0. The zero-order valence-electron chi connectivity index (χ0n) is 7.96. The molecule has 1 heterocycles. The Balaban J connectivity index is 2.43. The van der Waals surface area contributed by atoms with Gasteiger partial charge in [0, 0.05) is 6.42 Å². The van der Waals surface area contributed by atoms with Crippen molar-refractivity contribution in [1.82, 2.24) is 0 Å². The van der Waals surface area contributed by atoms with Crippen molar-refractivity contribution < 1.29 is 9.53 Å². The van der Waals surface area contributed by atoms with Crippen molar-refractivity contribution in [2.24, 2.45) is 5.92 Å². The Kier molecular flexibility index (Phi) is 2.38. The summed E-state index contributed by atoms with van der Waals surface area (Å²) in [6, 6.07) is 0. The van der Waals surface area contributed by atoms with Crippen LogP contribution >= 0.6 is 0 Å². The summed E-state index contributed by atoms with van der Waals surface area (Å²) in [6.07, 6.45) is 2.08. The van der Waals surface area contributed by atoms with Crippen molar-refractivity contribution in [3.8, 4) is 0 Å². The second kappa shape index (κ2) is 3.02. The van der Waals surface area contributed by atoms with Crippen LogP contribution in [-0.4, -0.2) is 17.5 Å². The summed E-state index contributed by atoms with van der Waals surface area (Å²) in [5.74, 6) is 0.614. The van der Waals surface area contributed by atoms with E-state index < -0.39 is 0 Å². The minimum atomic E-state index is -0.369. The molecule has 0 N–H and O–H groups in total. The summed E-state index contributed by atoms with van der Waals surface area (Å²) in [5.41, 5.74) is -0.369. The van der Waals surface area contributed by atoms with Crippen LogP contribution in [0.4, 0.5) is 0 Å². The van der Waals surface area contributed by atoms with Crippen LogP contribution in [0, 0.1) is 5.92 Å². The van der Waals surface area contributed by atoms with E-state index in [9.17, 15) is 4.79 Å². The first kappa shape index (κ1) is 9.46. The third kappa shape index (κ3) is 1.75. The Morgan fingerprint density at radius 3 is 2.67 bits per heavy atom.